The maximum absolute atomic E-state index is 10.7. The molecule has 4 heteroatoms. The monoisotopic (exact) mass is 248 g/mol. The van der Waals surface area contributed by atoms with Crippen molar-refractivity contribution in [2.75, 3.05) is 13.2 Å². The number of aliphatic hydroxyl groups excluding tert-OH is 1. The second-order valence-corrected chi connectivity index (χ2v) is 6.95. The average molecular weight is 248 g/mol. The molecule has 0 saturated heterocycles. The van der Waals surface area contributed by atoms with Gasteiger partial charge < -0.3 is 14.9 Å². The summed E-state index contributed by atoms with van der Waals surface area (Å²) in [5.41, 5.74) is 1.01. The minimum atomic E-state index is -0.913. The van der Waals surface area contributed by atoms with E-state index in [1.54, 1.807) is 6.92 Å². The molecule has 0 spiro atoms. The van der Waals surface area contributed by atoms with Gasteiger partial charge in [0, 0.05) is 17.4 Å². The van der Waals surface area contributed by atoms with Crippen LogP contribution in [-0.2, 0) is 9.53 Å². The smallest absolute Gasteiger partial charge is 0.334 e. The molecular formula is C14H16O4. The van der Waals surface area contributed by atoms with Gasteiger partial charge in [0.25, 0.3) is 0 Å². The van der Waals surface area contributed by atoms with E-state index in [2.05, 4.69) is 0 Å². The number of carboxylic acids is 1. The zero-order valence-corrected chi connectivity index (χ0v) is 10.2. The van der Waals surface area contributed by atoms with Crippen LogP contribution in [0.3, 0.4) is 0 Å². The summed E-state index contributed by atoms with van der Waals surface area (Å²) in [6.45, 7) is 2.65. The minimum absolute atomic E-state index is 0.263. The van der Waals surface area contributed by atoms with Gasteiger partial charge in [0.2, 0.25) is 0 Å². The lowest BCUT2D eigenvalue weighted by Gasteiger charge is -3.11. The summed E-state index contributed by atoms with van der Waals surface area (Å²) in [6.07, 6.45) is 1.39. The number of rotatable bonds is 5. The molecule has 0 aromatic rings. The predicted octanol–water partition coefficient (Wildman–Crippen LogP) is 0.722. The molecule has 6 saturated carbocycles. The molecule has 0 heterocycles. The molecule has 0 aliphatic heterocycles. The number of carbonyl (C=O) groups is 1. The molecule has 0 amide bonds. The average Bonchev–Trinajstić information content (AvgIpc) is 2.38. The van der Waals surface area contributed by atoms with E-state index in [9.17, 15) is 9.90 Å². The summed E-state index contributed by atoms with van der Waals surface area (Å²) >= 11 is 0. The van der Waals surface area contributed by atoms with Gasteiger partial charge in [-0.3, -0.25) is 0 Å². The van der Waals surface area contributed by atoms with Gasteiger partial charge in [-0.05, 0) is 42.4 Å². The van der Waals surface area contributed by atoms with Crippen LogP contribution in [0.5, 0.6) is 0 Å². The lowest BCUT2D eigenvalue weighted by molar-refractivity contribution is -0.662. The number of carboxylic acid groups (broad SMARTS) is 1. The first-order valence-electron chi connectivity index (χ1n) is 6.75. The topological polar surface area (TPSA) is 66.8 Å². The van der Waals surface area contributed by atoms with Crippen LogP contribution in [0.4, 0.5) is 0 Å². The summed E-state index contributed by atoms with van der Waals surface area (Å²) < 4.78 is 5.53. The highest BCUT2D eigenvalue weighted by molar-refractivity contribution is 5.85. The Morgan fingerprint density at radius 3 is 2.11 bits per heavy atom. The molecule has 6 aliphatic rings. The van der Waals surface area contributed by atoms with Crippen molar-refractivity contribution in [1.29, 1.82) is 0 Å². The Morgan fingerprint density at radius 2 is 1.67 bits per heavy atom. The highest BCUT2D eigenvalue weighted by atomic mass is 16.5. The second-order valence-electron chi connectivity index (χ2n) is 6.95. The Labute approximate surface area is 105 Å². The van der Waals surface area contributed by atoms with Crippen molar-refractivity contribution in [3.8, 4) is 0 Å². The molecule has 0 aromatic heterocycles. The first-order valence-corrected chi connectivity index (χ1v) is 6.75. The van der Waals surface area contributed by atoms with E-state index in [1.165, 1.54) is 6.26 Å². The van der Waals surface area contributed by atoms with Gasteiger partial charge in [0.15, 0.2) is 0 Å². The van der Waals surface area contributed by atoms with Gasteiger partial charge >= 0.3 is 5.97 Å². The maximum atomic E-state index is 10.7. The minimum Gasteiger partial charge on any atom is -0.500 e. The van der Waals surface area contributed by atoms with E-state index in [1.807, 2.05) is 0 Å². The number of hydrogen-bond acceptors (Lipinski definition) is 3. The van der Waals surface area contributed by atoms with Crippen LogP contribution in [-0.4, -0.2) is 29.4 Å². The summed E-state index contributed by atoms with van der Waals surface area (Å²) in [7, 11) is 0. The van der Waals surface area contributed by atoms with Crippen molar-refractivity contribution < 1.29 is 19.7 Å². The van der Waals surface area contributed by atoms with Gasteiger partial charge in [-0.25, -0.2) is 4.79 Å². The second kappa shape index (κ2) is 2.36. The van der Waals surface area contributed by atoms with E-state index in [4.69, 9.17) is 9.84 Å². The Bertz CT molecular complexity index is 466. The molecule has 0 radical (unpaired) electrons. The molecule has 0 bridgehead atoms. The molecule has 0 unspecified atom stereocenters. The fourth-order valence-corrected chi connectivity index (χ4v) is 6.94. The largest absolute Gasteiger partial charge is 0.500 e. The molecule has 2 N–H and O–H groups in total. The van der Waals surface area contributed by atoms with Crippen LogP contribution >= 0.6 is 0 Å². The molecule has 0 atom stereocenters. The van der Waals surface area contributed by atoms with Crippen LogP contribution in [0.25, 0.3) is 0 Å². The third-order valence-electron chi connectivity index (χ3n) is 7.25. The summed E-state index contributed by atoms with van der Waals surface area (Å²) in [4.78, 5) is 10.7. The molecule has 0 aromatic carbocycles. The van der Waals surface area contributed by atoms with E-state index in [-0.39, 0.29) is 5.57 Å². The quantitative estimate of drug-likeness (QED) is 0.556. The van der Waals surface area contributed by atoms with Crippen LogP contribution in [0, 0.1) is 46.3 Å². The number of ether oxygens (including phenoxy) is 1. The van der Waals surface area contributed by atoms with Gasteiger partial charge in [-0.1, -0.05) is 0 Å². The maximum Gasteiger partial charge on any atom is 0.334 e. The van der Waals surface area contributed by atoms with Gasteiger partial charge in [0.1, 0.15) is 0 Å². The predicted molar refractivity (Wildman–Crippen MR) is 60.2 cm³/mol. The van der Waals surface area contributed by atoms with Crippen LogP contribution in [0.1, 0.15) is 6.92 Å². The fourth-order valence-electron chi connectivity index (χ4n) is 6.94. The molecule has 18 heavy (non-hydrogen) atoms. The van der Waals surface area contributed by atoms with Gasteiger partial charge in [-0.2, -0.15) is 0 Å². The fraction of sp³-hybridized carbons (Fsp3) is 0.786. The van der Waals surface area contributed by atoms with Gasteiger partial charge in [-0.15, -0.1) is 0 Å². The van der Waals surface area contributed by atoms with Crippen LogP contribution < -0.4 is 0 Å². The summed E-state index contributed by atoms with van der Waals surface area (Å²) in [6, 6.07) is 0. The zero-order chi connectivity index (χ0) is 12.4. The van der Waals surface area contributed by atoms with Crippen molar-refractivity contribution in [2.24, 2.45) is 46.3 Å². The standard InChI is InChI=1S/C14H16O4/c1-5(12(16)17)2-18-4-14-9-6-10(14)8-11(14)7(9)13(6,8)3-15/h2,6-11,15H,3-4H2,1H3,(H,16,17). The van der Waals surface area contributed by atoms with Crippen molar-refractivity contribution in [2.45, 2.75) is 6.92 Å². The third-order valence-corrected chi connectivity index (χ3v) is 7.25. The molecule has 96 valence electrons. The van der Waals surface area contributed by atoms with E-state index < -0.39 is 5.97 Å². The normalized spacial score (nSPS) is 63.6. The first-order chi connectivity index (χ1) is 8.62. The highest BCUT2D eigenvalue weighted by Gasteiger charge is 3.09. The molecule has 6 rings (SSSR count). The number of aliphatic carboxylic acids is 1. The van der Waals surface area contributed by atoms with Crippen molar-refractivity contribution in [3.63, 3.8) is 0 Å². The number of hydrogen-bond donors (Lipinski definition) is 2. The Morgan fingerprint density at radius 1 is 1.17 bits per heavy atom. The zero-order valence-electron chi connectivity index (χ0n) is 10.2. The lowest BCUT2D eigenvalue weighted by Crippen LogP contribution is -3.10. The van der Waals surface area contributed by atoms with Crippen LogP contribution in [0.2, 0.25) is 0 Å². The third kappa shape index (κ3) is 0.549. The molecular weight excluding hydrogens is 232 g/mol. The summed E-state index contributed by atoms with van der Waals surface area (Å²) in [5, 5.41) is 18.3. The first kappa shape index (κ1) is 9.84. The highest BCUT2D eigenvalue weighted by Crippen LogP contribution is 3.10. The molecule has 6 aliphatic carbocycles. The van der Waals surface area contributed by atoms with Crippen LogP contribution in [0.15, 0.2) is 11.8 Å². The SMILES string of the molecule is CC(=COCC12C3C4C1C1C2C3C41CO)C(=O)O. The van der Waals surface area contributed by atoms with E-state index in [0.29, 0.717) is 24.0 Å². The van der Waals surface area contributed by atoms with Crippen molar-refractivity contribution in [3.05, 3.63) is 11.8 Å². The van der Waals surface area contributed by atoms with E-state index >= 15 is 0 Å². The number of aliphatic hydroxyl groups is 1. The van der Waals surface area contributed by atoms with E-state index in [0.717, 1.165) is 35.5 Å². The van der Waals surface area contributed by atoms with Crippen molar-refractivity contribution in [1.82, 2.24) is 0 Å². The van der Waals surface area contributed by atoms with Gasteiger partial charge in [0.05, 0.1) is 18.4 Å². The Hall–Kier alpha value is -1.03. The lowest BCUT2D eigenvalue weighted by atomic mass is 8.92. The molecule has 6 fully saturated rings. The Balaban J connectivity index is 1.29. The summed E-state index contributed by atoms with van der Waals surface area (Å²) in [5.74, 6) is 3.83. The molecule has 4 nitrogen and oxygen atoms in total. The Kier molecular flexibility index (Phi) is 1.29. The van der Waals surface area contributed by atoms with Crippen molar-refractivity contribution >= 4 is 5.97 Å².